The van der Waals surface area contributed by atoms with Crippen molar-refractivity contribution >= 4 is 34.0 Å². The Bertz CT molecular complexity index is 597. The number of fused-ring (bicyclic) bond motifs is 2. The van der Waals surface area contributed by atoms with Crippen LogP contribution in [0.15, 0.2) is 18.2 Å². The number of anilines is 1. The molecule has 2 bridgehead atoms. The standard InChI is InChI=1S/C16H21IN2O2/c1-15(2)10-6-7-16(3,9-10)14(15)18-12-5-4-11(17)8-13(12)19(20)21/h4-5,8,10,14,18H,6-7,9H2,1-3H3. The second kappa shape index (κ2) is 4.83. The second-order valence-electron chi connectivity index (χ2n) is 7.41. The molecule has 0 aromatic heterocycles. The van der Waals surface area contributed by atoms with Crippen LogP contribution < -0.4 is 5.32 Å². The maximum absolute atomic E-state index is 11.3. The van der Waals surface area contributed by atoms with E-state index in [0.717, 1.165) is 9.49 Å². The average Bonchev–Trinajstić information content (AvgIpc) is 2.87. The van der Waals surface area contributed by atoms with Crippen LogP contribution in [0.4, 0.5) is 11.4 Å². The highest BCUT2D eigenvalue weighted by Crippen LogP contribution is 2.63. The molecule has 0 saturated heterocycles. The Morgan fingerprint density at radius 3 is 2.67 bits per heavy atom. The quantitative estimate of drug-likeness (QED) is 0.450. The zero-order chi connectivity index (χ0) is 15.4. The number of halogens is 1. The van der Waals surface area contributed by atoms with Crippen molar-refractivity contribution in [3.63, 3.8) is 0 Å². The molecule has 2 fully saturated rings. The minimum Gasteiger partial charge on any atom is -0.376 e. The van der Waals surface area contributed by atoms with Crippen LogP contribution in [0.2, 0.25) is 0 Å². The number of benzene rings is 1. The smallest absolute Gasteiger partial charge is 0.293 e. The average molecular weight is 400 g/mol. The zero-order valence-corrected chi connectivity index (χ0v) is 14.8. The molecule has 0 amide bonds. The van der Waals surface area contributed by atoms with Gasteiger partial charge in [-0.2, -0.15) is 0 Å². The van der Waals surface area contributed by atoms with Gasteiger partial charge in [-0.1, -0.05) is 20.8 Å². The Morgan fingerprint density at radius 1 is 1.38 bits per heavy atom. The summed E-state index contributed by atoms with van der Waals surface area (Å²) in [4.78, 5) is 11.0. The molecule has 1 N–H and O–H groups in total. The number of nitro benzene ring substituents is 1. The molecule has 2 aliphatic carbocycles. The molecule has 21 heavy (non-hydrogen) atoms. The van der Waals surface area contributed by atoms with E-state index < -0.39 is 0 Å². The molecule has 2 aliphatic rings. The minimum atomic E-state index is -0.285. The first kappa shape index (κ1) is 15.1. The van der Waals surface area contributed by atoms with Gasteiger partial charge in [0, 0.05) is 15.7 Å². The highest BCUT2D eigenvalue weighted by Gasteiger charge is 2.59. The third-order valence-electron chi connectivity index (χ3n) is 5.73. The monoisotopic (exact) mass is 400 g/mol. The Labute approximate surface area is 139 Å². The number of hydrogen-bond donors (Lipinski definition) is 1. The topological polar surface area (TPSA) is 55.2 Å². The SMILES string of the molecule is CC12CCC(C1)C(C)(C)C2Nc1ccc(I)cc1[N+](=O)[O-]. The minimum absolute atomic E-state index is 0.184. The first-order valence-electron chi connectivity index (χ1n) is 7.44. The summed E-state index contributed by atoms with van der Waals surface area (Å²) in [6, 6.07) is 5.72. The van der Waals surface area contributed by atoms with Gasteiger partial charge in [-0.05, 0) is 70.7 Å². The molecule has 1 aromatic carbocycles. The van der Waals surface area contributed by atoms with Crippen molar-refractivity contribution in [2.24, 2.45) is 16.7 Å². The van der Waals surface area contributed by atoms with Crippen molar-refractivity contribution in [2.45, 2.75) is 46.1 Å². The Kier molecular flexibility index (Phi) is 3.46. The van der Waals surface area contributed by atoms with Crippen LogP contribution in [-0.2, 0) is 0 Å². The molecular formula is C16H21IN2O2. The van der Waals surface area contributed by atoms with E-state index in [1.165, 1.54) is 19.3 Å². The van der Waals surface area contributed by atoms with Gasteiger partial charge in [-0.25, -0.2) is 0 Å². The molecule has 3 unspecified atom stereocenters. The molecule has 1 aromatic rings. The van der Waals surface area contributed by atoms with Gasteiger partial charge in [0.05, 0.1) is 4.92 Å². The number of nitrogens with zero attached hydrogens (tertiary/aromatic N) is 1. The second-order valence-corrected chi connectivity index (χ2v) is 8.66. The van der Waals surface area contributed by atoms with Crippen LogP contribution in [-0.4, -0.2) is 11.0 Å². The molecule has 0 spiro atoms. The Balaban J connectivity index is 1.96. The van der Waals surface area contributed by atoms with Crippen LogP contribution >= 0.6 is 22.6 Å². The van der Waals surface area contributed by atoms with Gasteiger partial charge < -0.3 is 5.32 Å². The predicted molar refractivity (Wildman–Crippen MR) is 92.5 cm³/mol. The van der Waals surface area contributed by atoms with Gasteiger partial charge in [0.25, 0.3) is 5.69 Å². The molecule has 4 nitrogen and oxygen atoms in total. The molecule has 2 saturated carbocycles. The number of nitrogens with one attached hydrogen (secondary N) is 1. The van der Waals surface area contributed by atoms with E-state index in [2.05, 4.69) is 48.7 Å². The number of hydrogen-bond acceptors (Lipinski definition) is 3. The lowest BCUT2D eigenvalue weighted by atomic mass is 9.68. The summed E-state index contributed by atoms with van der Waals surface area (Å²) in [6.07, 6.45) is 3.74. The van der Waals surface area contributed by atoms with Crippen LogP contribution in [0.25, 0.3) is 0 Å². The zero-order valence-electron chi connectivity index (χ0n) is 12.6. The van der Waals surface area contributed by atoms with Crippen molar-refractivity contribution in [1.82, 2.24) is 0 Å². The van der Waals surface area contributed by atoms with Gasteiger partial charge in [-0.15, -0.1) is 0 Å². The molecule has 5 heteroatoms. The van der Waals surface area contributed by atoms with Crippen molar-refractivity contribution in [3.8, 4) is 0 Å². The van der Waals surface area contributed by atoms with E-state index in [0.29, 0.717) is 11.7 Å². The van der Waals surface area contributed by atoms with Crippen molar-refractivity contribution < 1.29 is 4.92 Å². The van der Waals surface area contributed by atoms with E-state index >= 15 is 0 Å². The van der Waals surface area contributed by atoms with Gasteiger partial charge in [0.1, 0.15) is 5.69 Å². The number of nitro groups is 1. The summed E-state index contributed by atoms with van der Waals surface area (Å²) in [5.41, 5.74) is 1.28. The van der Waals surface area contributed by atoms with Crippen LogP contribution in [0.5, 0.6) is 0 Å². The first-order valence-corrected chi connectivity index (χ1v) is 8.52. The summed E-state index contributed by atoms with van der Waals surface area (Å²) >= 11 is 2.12. The van der Waals surface area contributed by atoms with E-state index in [1.54, 1.807) is 6.07 Å². The molecule has 0 aliphatic heterocycles. The largest absolute Gasteiger partial charge is 0.376 e. The molecule has 114 valence electrons. The highest BCUT2D eigenvalue weighted by atomic mass is 127. The summed E-state index contributed by atoms with van der Waals surface area (Å²) in [6.45, 7) is 6.94. The van der Waals surface area contributed by atoms with E-state index in [4.69, 9.17) is 0 Å². The van der Waals surface area contributed by atoms with Crippen molar-refractivity contribution in [3.05, 3.63) is 31.9 Å². The summed E-state index contributed by atoms with van der Waals surface area (Å²) in [5.74, 6) is 0.725. The van der Waals surface area contributed by atoms with Gasteiger partial charge >= 0.3 is 0 Å². The fourth-order valence-corrected chi connectivity index (χ4v) is 5.07. The third kappa shape index (κ3) is 2.33. The molecule has 0 radical (unpaired) electrons. The summed E-state index contributed by atoms with van der Waals surface area (Å²) in [7, 11) is 0. The van der Waals surface area contributed by atoms with Gasteiger partial charge in [-0.3, -0.25) is 10.1 Å². The van der Waals surface area contributed by atoms with E-state index in [1.807, 2.05) is 12.1 Å². The fraction of sp³-hybridized carbons (Fsp3) is 0.625. The van der Waals surface area contributed by atoms with Crippen LogP contribution in [0.3, 0.4) is 0 Å². The molecular weight excluding hydrogens is 379 g/mol. The maximum Gasteiger partial charge on any atom is 0.293 e. The highest BCUT2D eigenvalue weighted by molar-refractivity contribution is 14.1. The predicted octanol–water partition coefficient (Wildman–Crippen LogP) is 4.83. The van der Waals surface area contributed by atoms with Crippen LogP contribution in [0, 0.1) is 30.4 Å². The van der Waals surface area contributed by atoms with Crippen LogP contribution in [0.1, 0.15) is 40.0 Å². The van der Waals surface area contributed by atoms with E-state index in [-0.39, 0.29) is 21.4 Å². The number of rotatable bonds is 3. The summed E-state index contributed by atoms with van der Waals surface area (Å²) < 4.78 is 0.892. The van der Waals surface area contributed by atoms with E-state index in [9.17, 15) is 10.1 Å². The Hall–Kier alpha value is -0.850. The Morgan fingerprint density at radius 2 is 2.10 bits per heavy atom. The first-order chi connectivity index (χ1) is 9.74. The fourth-order valence-electron chi connectivity index (χ4n) is 4.60. The summed E-state index contributed by atoms with van der Waals surface area (Å²) in [5, 5.41) is 14.8. The lowest BCUT2D eigenvalue weighted by Crippen LogP contribution is -2.45. The maximum atomic E-state index is 11.3. The lowest BCUT2D eigenvalue weighted by Gasteiger charge is -2.43. The molecule has 3 atom stereocenters. The lowest BCUT2D eigenvalue weighted by molar-refractivity contribution is -0.384. The van der Waals surface area contributed by atoms with Gasteiger partial charge in [0.2, 0.25) is 0 Å². The molecule has 0 heterocycles. The third-order valence-corrected chi connectivity index (χ3v) is 6.40. The molecule has 3 rings (SSSR count). The van der Waals surface area contributed by atoms with Gasteiger partial charge in [0.15, 0.2) is 0 Å². The normalized spacial score (nSPS) is 33.1. The van der Waals surface area contributed by atoms with Crippen molar-refractivity contribution in [1.29, 1.82) is 0 Å². The van der Waals surface area contributed by atoms with Crippen molar-refractivity contribution in [2.75, 3.05) is 5.32 Å².